The van der Waals surface area contributed by atoms with Gasteiger partial charge in [-0.3, -0.25) is 0 Å². The van der Waals surface area contributed by atoms with E-state index in [0.717, 1.165) is 0 Å². The van der Waals surface area contributed by atoms with E-state index in [9.17, 15) is 9.90 Å². The van der Waals surface area contributed by atoms with Crippen LogP contribution in [0.1, 0.15) is 6.92 Å². The molecule has 0 heterocycles. The molecule has 0 fully saturated rings. The molecule has 0 saturated carbocycles. The molecule has 96 valence electrons. The van der Waals surface area contributed by atoms with Gasteiger partial charge in [-0.25, -0.2) is 4.79 Å². The number of azo groups is 1. The maximum Gasteiger partial charge on any atom is 0.362 e. The molecule has 6 heteroatoms. The minimum Gasteiger partial charge on any atom is -0.510 e. The Balaban J connectivity index is 3.05. The van der Waals surface area contributed by atoms with Gasteiger partial charge in [0.05, 0.1) is 14.2 Å². The van der Waals surface area contributed by atoms with Crippen molar-refractivity contribution in [3.8, 4) is 5.75 Å². The Bertz CT molecular complexity index is 491. The zero-order chi connectivity index (χ0) is 13.5. The second-order valence-corrected chi connectivity index (χ2v) is 3.30. The first-order valence-corrected chi connectivity index (χ1v) is 5.13. The van der Waals surface area contributed by atoms with Gasteiger partial charge in [0.1, 0.15) is 17.2 Å². The Kier molecular flexibility index (Phi) is 4.86. The van der Waals surface area contributed by atoms with E-state index in [-0.39, 0.29) is 11.5 Å². The Labute approximate surface area is 105 Å². The van der Waals surface area contributed by atoms with Crippen LogP contribution >= 0.6 is 0 Å². The molecule has 0 atom stereocenters. The van der Waals surface area contributed by atoms with Crippen molar-refractivity contribution in [2.75, 3.05) is 14.2 Å². The number of esters is 1. The average Bonchev–Trinajstić information content (AvgIpc) is 2.38. The maximum atomic E-state index is 11.3. The number of allylic oxidation sites excluding steroid dienone is 1. The summed E-state index contributed by atoms with van der Waals surface area (Å²) in [5, 5.41) is 16.8. The fraction of sp³-hybridized carbons (Fsp3) is 0.250. The fourth-order valence-electron chi connectivity index (χ4n) is 1.17. The summed E-state index contributed by atoms with van der Waals surface area (Å²) in [6.45, 7) is 1.33. The molecule has 0 unspecified atom stereocenters. The van der Waals surface area contributed by atoms with Crippen molar-refractivity contribution in [3.05, 3.63) is 35.7 Å². The predicted molar refractivity (Wildman–Crippen MR) is 64.9 cm³/mol. The lowest BCUT2D eigenvalue weighted by Gasteiger charge is -2.03. The van der Waals surface area contributed by atoms with Gasteiger partial charge in [0.2, 0.25) is 5.70 Å². The molecule has 1 aromatic rings. The van der Waals surface area contributed by atoms with Crippen LogP contribution in [-0.2, 0) is 9.53 Å². The second-order valence-electron chi connectivity index (χ2n) is 3.30. The Morgan fingerprint density at radius 2 is 1.94 bits per heavy atom. The zero-order valence-electron chi connectivity index (χ0n) is 10.4. The lowest BCUT2D eigenvalue weighted by molar-refractivity contribution is -0.136. The fourth-order valence-corrected chi connectivity index (χ4v) is 1.17. The molecular weight excluding hydrogens is 236 g/mol. The molecular formula is C12H14N2O4. The summed E-state index contributed by atoms with van der Waals surface area (Å²) in [7, 11) is 2.70. The van der Waals surface area contributed by atoms with Crippen LogP contribution in [0.25, 0.3) is 0 Å². The number of carbonyl (C=O) groups excluding carboxylic acids is 1. The molecule has 0 aliphatic heterocycles. The van der Waals surface area contributed by atoms with E-state index >= 15 is 0 Å². The van der Waals surface area contributed by atoms with E-state index in [1.807, 2.05) is 0 Å². The number of aliphatic hydroxyl groups is 1. The molecule has 0 aromatic heterocycles. The smallest absolute Gasteiger partial charge is 0.362 e. The van der Waals surface area contributed by atoms with Gasteiger partial charge >= 0.3 is 5.97 Å². The third-order valence-corrected chi connectivity index (χ3v) is 2.06. The highest BCUT2D eigenvalue weighted by molar-refractivity contribution is 5.88. The minimum absolute atomic E-state index is 0.247. The number of hydrogen-bond donors (Lipinski definition) is 1. The van der Waals surface area contributed by atoms with Crippen molar-refractivity contribution < 1.29 is 19.4 Å². The number of para-hydroxylation sites is 1. The number of rotatable bonds is 4. The van der Waals surface area contributed by atoms with Crippen molar-refractivity contribution in [2.45, 2.75) is 6.92 Å². The van der Waals surface area contributed by atoms with E-state index in [4.69, 9.17) is 4.74 Å². The Morgan fingerprint density at radius 3 is 2.50 bits per heavy atom. The van der Waals surface area contributed by atoms with E-state index in [2.05, 4.69) is 15.0 Å². The number of ether oxygens (including phenoxy) is 2. The highest BCUT2D eigenvalue weighted by atomic mass is 16.5. The summed E-state index contributed by atoms with van der Waals surface area (Å²) < 4.78 is 9.55. The molecule has 0 bridgehead atoms. The number of benzene rings is 1. The van der Waals surface area contributed by atoms with Gasteiger partial charge in [-0.2, -0.15) is 0 Å². The van der Waals surface area contributed by atoms with Crippen molar-refractivity contribution >= 4 is 11.7 Å². The van der Waals surface area contributed by atoms with Crippen LogP contribution in [0.5, 0.6) is 5.75 Å². The van der Waals surface area contributed by atoms with Crippen LogP contribution < -0.4 is 4.74 Å². The summed E-state index contributed by atoms with van der Waals surface area (Å²) >= 11 is 0. The molecule has 0 amide bonds. The van der Waals surface area contributed by atoms with Gasteiger partial charge in [0.25, 0.3) is 0 Å². The monoisotopic (exact) mass is 250 g/mol. The van der Waals surface area contributed by atoms with Crippen molar-refractivity contribution in [3.63, 3.8) is 0 Å². The summed E-state index contributed by atoms with van der Waals surface area (Å²) in [6, 6.07) is 6.92. The standard InChI is InChI=1S/C12H14N2O4/c1-8(15)11(12(16)18-3)14-13-9-6-4-5-7-10(9)17-2/h4-7,15H,1-3H3. The molecule has 0 aliphatic carbocycles. The molecule has 18 heavy (non-hydrogen) atoms. The Hall–Kier alpha value is -2.37. The lowest BCUT2D eigenvalue weighted by atomic mass is 10.3. The predicted octanol–water partition coefficient (Wildman–Crippen LogP) is 2.74. The first-order valence-electron chi connectivity index (χ1n) is 5.13. The summed E-state index contributed by atoms with van der Waals surface area (Å²) in [5.74, 6) is -0.504. The van der Waals surface area contributed by atoms with Gasteiger partial charge in [-0.05, 0) is 19.1 Å². The number of nitrogens with zero attached hydrogens (tertiary/aromatic N) is 2. The molecule has 0 radical (unpaired) electrons. The van der Waals surface area contributed by atoms with E-state index in [1.165, 1.54) is 21.1 Å². The van der Waals surface area contributed by atoms with E-state index in [0.29, 0.717) is 11.4 Å². The first kappa shape index (κ1) is 13.7. The van der Waals surface area contributed by atoms with Gasteiger partial charge in [0.15, 0.2) is 0 Å². The van der Waals surface area contributed by atoms with Crippen molar-refractivity contribution in [1.29, 1.82) is 0 Å². The van der Waals surface area contributed by atoms with Crippen LogP contribution in [0.15, 0.2) is 46.0 Å². The van der Waals surface area contributed by atoms with Crippen LogP contribution in [0.2, 0.25) is 0 Å². The van der Waals surface area contributed by atoms with Gasteiger partial charge in [-0.1, -0.05) is 12.1 Å². The van der Waals surface area contributed by atoms with Crippen LogP contribution in [0.4, 0.5) is 5.69 Å². The van der Waals surface area contributed by atoms with Crippen LogP contribution in [0, 0.1) is 0 Å². The number of hydrogen-bond acceptors (Lipinski definition) is 6. The number of aliphatic hydroxyl groups excluding tert-OH is 1. The first-order chi connectivity index (χ1) is 8.60. The SMILES string of the molecule is COC(=O)C(N=Nc1ccccc1OC)=C(C)O. The van der Waals surface area contributed by atoms with Gasteiger partial charge in [0, 0.05) is 0 Å². The zero-order valence-corrected chi connectivity index (χ0v) is 10.4. The van der Waals surface area contributed by atoms with Crippen LogP contribution in [-0.4, -0.2) is 25.3 Å². The van der Waals surface area contributed by atoms with Gasteiger partial charge < -0.3 is 14.6 Å². The topological polar surface area (TPSA) is 80.5 Å². The number of methoxy groups -OCH3 is 2. The molecule has 1 rings (SSSR count). The minimum atomic E-state index is -0.756. The Morgan fingerprint density at radius 1 is 1.28 bits per heavy atom. The highest BCUT2D eigenvalue weighted by Crippen LogP contribution is 2.27. The molecule has 0 saturated heterocycles. The summed E-state index contributed by atoms with van der Waals surface area (Å²) in [4.78, 5) is 11.3. The quantitative estimate of drug-likeness (QED) is 0.385. The third-order valence-electron chi connectivity index (χ3n) is 2.06. The maximum absolute atomic E-state index is 11.3. The molecule has 1 aromatic carbocycles. The third kappa shape index (κ3) is 3.31. The normalized spacial score (nSPS) is 12.2. The molecule has 0 aliphatic rings. The molecule has 0 spiro atoms. The summed E-state index contributed by atoms with van der Waals surface area (Å²) in [5.41, 5.74) is 0.200. The van der Waals surface area contributed by atoms with E-state index < -0.39 is 5.97 Å². The van der Waals surface area contributed by atoms with Crippen molar-refractivity contribution in [1.82, 2.24) is 0 Å². The number of carbonyl (C=O) groups is 1. The largest absolute Gasteiger partial charge is 0.510 e. The highest BCUT2D eigenvalue weighted by Gasteiger charge is 2.13. The van der Waals surface area contributed by atoms with Crippen molar-refractivity contribution in [2.24, 2.45) is 10.2 Å². The molecule has 1 N–H and O–H groups in total. The molecule has 6 nitrogen and oxygen atoms in total. The van der Waals surface area contributed by atoms with E-state index in [1.54, 1.807) is 24.3 Å². The van der Waals surface area contributed by atoms with Gasteiger partial charge in [-0.15, -0.1) is 10.2 Å². The van der Waals surface area contributed by atoms with Crippen LogP contribution in [0.3, 0.4) is 0 Å². The summed E-state index contributed by atoms with van der Waals surface area (Å²) in [6.07, 6.45) is 0. The second kappa shape index (κ2) is 6.39. The average molecular weight is 250 g/mol. The lowest BCUT2D eigenvalue weighted by Crippen LogP contribution is -2.04.